The van der Waals surface area contributed by atoms with Gasteiger partial charge in [0.1, 0.15) is 6.61 Å². The molecule has 0 bridgehead atoms. The normalized spacial score (nSPS) is 10.7. The van der Waals surface area contributed by atoms with Crippen LogP contribution in [0.25, 0.3) is 0 Å². The molecule has 0 unspecified atom stereocenters. The number of hydrogen-bond donors (Lipinski definition) is 1. The smallest absolute Gasteiger partial charge is 0.291 e. The van der Waals surface area contributed by atoms with Gasteiger partial charge in [0, 0.05) is 17.8 Å². The lowest BCUT2D eigenvalue weighted by Crippen LogP contribution is -2.12. The molecule has 0 saturated carbocycles. The topological polar surface area (TPSA) is 77.0 Å². The summed E-state index contributed by atoms with van der Waals surface area (Å²) in [6, 6.07) is 12.5. The summed E-state index contributed by atoms with van der Waals surface area (Å²) in [4.78, 5) is 16.2. The maximum atomic E-state index is 12.5. The Bertz CT molecular complexity index is 858. The molecule has 9 heteroatoms. The second-order valence-corrected chi connectivity index (χ2v) is 5.87. The number of halogens is 2. The molecule has 1 aromatic carbocycles. The van der Waals surface area contributed by atoms with Crippen LogP contribution < -0.4 is 10.1 Å². The van der Waals surface area contributed by atoms with Gasteiger partial charge in [-0.2, -0.15) is 0 Å². The molecule has 3 rings (SSSR count). The van der Waals surface area contributed by atoms with E-state index in [-0.39, 0.29) is 16.6 Å². The van der Waals surface area contributed by atoms with Crippen molar-refractivity contribution < 1.29 is 18.3 Å². The van der Waals surface area contributed by atoms with Gasteiger partial charge in [-0.15, -0.1) is 10.2 Å². The second kappa shape index (κ2) is 7.75. The number of alkyl halides is 2. The number of benzene rings is 1. The first-order valence-corrected chi connectivity index (χ1v) is 7.99. The van der Waals surface area contributed by atoms with Crippen molar-refractivity contribution in [3.05, 3.63) is 64.8 Å². The van der Waals surface area contributed by atoms with Crippen molar-refractivity contribution in [3.63, 3.8) is 0 Å². The molecule has 1 N–H and O–H groups in total. The highest BCUT2D eigenvalue weighted by atomic mass is 32.1. The fraction of sp³-hybridized carbons (Fsp3) is 0.125. The summed E-state index contributed by atoms with van der Waals surface area (Å²) in [7, 11) is 0. The minimum absolute atomic E-state index is 0.00358. The monoisotopic (exact) mass is 362 g/mol. The van der Waals surface area contributed by atoms with Gasteiger partial charge in [0.2, 0.25) is 11.0 Å². The lowest BCUT2D eigenvalue weighted by Gasteiger charge is -2.07. The molecule has 0 aliphatic heterocycles. The summed E-state index contributed by atoms with van der Waals surface area (Å²) < 4.78 is 30.5. The van der Waals surface area contributed by atoms with Crippen LogP contribution in [0.5, 0.6) is 5.88 Å². The van der Waals surface area contributed by atoms with E-state index in [2.05, 4.69) is 20.5 Å². The van der Waals surface area contributed by atoms with Crippen molar-refractivity contribution >= 4 is 22.4 Å². The number of carbonyl (C=O) groups excluding carboxylic acids is 1. The van der Waals surface area contributed by atoms with Crippen LogP contribution in [0.1, 0.15) is 27.4 Å². The molecule has 128 valence electrons. The van der Waals surface area contributed by atoms with E-state index in [0.29, 0.717) is 17.9 Å². The van der Waals surface area contributed by atoms with Gasteiger partial charge in [-0.3, -0.25) is 10.1 Å². The van der Waals surface area contributed by atoms with Crippen molar-refractivity contribution in [2.45, 2.75) is 13.0 Å². The van der Waals surface area contributed by atoms with E-state index in [1.54, 1.807) is 0 Å². The van der Waals surface area contributed by atoms with Gasteiger partial charge in [-0.1, -0.05) is 41.7 Å². The van der Waals surface area contributed by atoms with Crippen molar-refractivity contribution in [2.75, 3.05) is 5.32 Å². The fourth-order valence-electron chi connectivity index (χ4n) is 1.90. The third kappa shape index (κ3) is 4.54. The number of anilines is 1. The second-order valence-electron chi connectivity index (χ2n) is 4.86. The zero-order chi connectivity index (χ0) is 17.6. The Kier molecular flexibility index (Phi) is 5.24. The molecule has 0 radical (unpaired) electrons. The summed E-state index contributed by atoms with van der Waals surface area (Å²) in [6.07, 6.45) is -1.29. The molecular weight excluding hydrogens is 350 g/mol. The minimum atomic E-state index is -2.72. The average Bonchev–Trinajstić information content (AvgIpc) is 3.10. The highest BCUT2D eigenvalue weighted by Crippen LogP contribution is 2.25. The Morgan fingerprint density at radius 1 is 1.20 bits per heavy atom. The van der Waals surface area contributed by atoms with Gasteiger partial charge in [0.05, 0.1) is 0 Å². The number of rotatable bonds is 6. The fourth-order valence-corrected chi connectivity index (χ4v) is 2.50. The Balaban J connectivity index is 1.64. The molecule has 0 spiro atoms. The highest BCUT2D eigenvalue weighted by Gasteiger charge is 2.16. The number of nitrogens with zero attached hydrogens (tertiary/aromatic N) is 3. The predicted molar refractivity (Wildman–Crippen MR) is 87.8 cm³/mol. The van der Waals surface area contributed by atoms with Crippen LogP contribution in [0.4, 0.5) is 13.9 Å². The lowest BCUT2D eigenvalue weighted by molar-refractivity contribution is 0.102. The third-order valence-corrected chi connectivity index (χ3v) is 3.92. The maximum absolute atomic E-state index is 12.5. The van der Waals surface area contributed by atoms with E-state index in [1.165, 1.54) is 18.3 Å². The minimum Gasteiger partial charge on any atom is -0.473 e. The van der Waals surface area contributed by atoms with Crippen LogP contribution in [-0.4, -0.2) is 21.1 Å². The van der Waals surface area contributed by atoms with E-state index in [4.69, 9.17) is 4.74 Å². The average molecular weight is 362 g/mol. The van der Waals surface area contributed by atoms with Crippen molar-refractivity contribution in [2.24, 2.45) is 0 Å². The number of hydrogen-bond acceptors (Lipinski definition) is 6. The Hall–Kier alpha value is -2.94. The van der Waals surface area contributed by atoms with Gasteiger partial charge in [0.25, 0.3) is 12.3 Å². The Morgan fingerprint density at radius 3 is 2.72 bits per heavy atom. The van der Waals surface area contributed by atoms with Crippen LogP contribution in [0, 0.1) is 0 Å². The van der Waals surface area contributed by atoms with E-state index in [1.807, 2.05) is 30.3 Å². The third-order valence-electron chi connectivity index (χ3n) is 3.07. The number of nitrogens with one attached hydrogen (secondary N) is 1. The van der Waals surface area contributed by atoms with E-state index in [0.717, 1.165) is 5.56 Å². The molecule has 25 heavy (non-hydrogen) atoms. The molecule has 0 aliphatic carbocycles. The van der Waals surface area contributed by atoms with Crippen LogP contribution in [-0.2, 0) is 6.61 Å². The van der Waals surface area contributed by atoms with Gasteiger partial charge in [-0.05, 0) is 11.6 Å². The van der Waals surface area contributed by atoms with Crippen molar-refractivity contribution in [1.82, 2.24) is 15.2 Å². The molecular formula is C16H12F2N4O2S. The van der Waals surface area contributed by atoms with E-state index >= 15 is 0 Å². The predicted octanol–water partition coefficient (Wildman–Crippen LogP) is 3.70. The number of ether oxygens (including phenoxy) is 1. The summed E-state index contributed by atoms with van der Waals surface area (Å²) in [5, 5.41) is 8.80. The summed E-state index contributed by atoms with van der Waals surface area (Å²) >= 11 is 0.625. The van der Waals surface area contributed by atoms with E-state index in [9.17, 15) is 13.6 Å². The molecule has 0 atom stereocenters. The lowest BCUT2D eigenvalue weighted by atomic mass is 10.2. The first-order valence-electron chi connectivity index (χ1n) is 7.17. The number of carbonyl (C=O) groups is 1. The summed E-state index contributed by atoms with van der Waals surface area (Å²) in [5.74, 6) is -0.231. The molecule has 1 amide bonds. The zero-order valence-electron chi connectivity index (χ0n) is 12.7. The van der Waals surface area contributed by atoms with Gasteiger partial charge >= 0.3 is 0 Å². The Morgan fingerprint density at radius 2 is 2.00 bits per heavy atom. The zero-order valence-corrected chi connectivity index (χ0v) is 13.5. The Labute approximate surface area is 145 Å². The number of pyridine rings is 1. The van der Waals surface area contributed by atoms with Gasteiger partial charge in [-0.25, -0.2) is 13.8 Å². The molecule has 6 nitrogen and oxygen atoms in total. The molecule has 2 aromatic heterocycles. The number of aromatic nitrogens is 3. The number of amides is 1. The quantitative estimate of drug-likeness (QED) is 0.723. The summed E-state index contributed by atoms with van der Waals surface area (Å²) in [5.41, 5.74) is 1.24. The molecule has 0 aliphatic rings. The molecule has 0 fully saturated rings. The largest absolute Gasteiger partial charge is 0.473 e. The maximum Gasteiger partial charge on any atom is 0.291 e. The first-order chi connectivity index (χ1) is 12.1. The molecule has 2 heterocycles. The molecule has 0 saturated heterocycles. The standard InChI is InChI=1S/C16H12F2N4O2S/c17-13(18)15-21-22-16(25-15)20-14(23)11-6-7-19-12(8-11)24-9-10-4-2-1-3-5-10/h1-8,13H,9H2,(H,20,22,23). The highest BCUT2D eigenvalue weighted by molar-refractivity contribution is 7.15. The van der Waals surface area contributed by atoms with Crippen LogP contribution in [0.3, 0.4) is 0 Å². The van der Waals surface area contributed by atoms with E-state index < -0.39 is 17.3 Å². The van der Waals surface area contributed by atoms with Gasteiger partial charge < -0.3 is 4.74 Å². The molecule has 3 aromatic rings. The SMILES string of the molecule is O=C(Nc1nnc(C(F)F)s1)c1ccnc(OCc2ccccc2)c1. The van der Waals surface area contributed by atoms with Gasteiger partial charge in [0.15, 0.2) is 5.01 Å². The first kappa shape index (κ1) is 16.9. The van der Waals surface area contributed by atoms with Crippen LogP contribution in [0.2, 0.25) is 0 Å². The van der Waals surface area contributed by atoms with Crippen LogP contribution >= 0.6 is 11.3 Å². The summed E-state index contributed by atoms with van der Waals surface area (Å²) in [6.45, 7) is 0.313. The van der Waals surface area contributed by atoms with Crippen molar-refractivity contribution in [3.8, 4) is 5.88 Å². The van der Waals surface area contributed by atoms with Crippen molar-refractivity contribution in [1.29, 1.82) is 0 Å². The van der Waals surface area contributed by atoms with Crippen LogP contribution in [0.15, 0.2) is 48.7 Å².